The maximum atomic E-state index is 13.3. The monoisotopic (exact) mass is 483 g/mol. The molecule has 2 aromatic heterocycles. The summed E-state index contributed by atoms with van der Waals surface area (Å²) in [6, 6.07) is 15.2. The summed E-state index contributed by atoms with van der Waals surface area (Å²) < 4.78 is 42.8. The standard InChI is InChI=1S/C24H13ClF3N3O3/c25-19-8-6-15(34-24(26,27)28)10-18(19)13-5-7-17-20(9-13)30-23(33)31(22(17)32)21-12-29-11-14-3-1-2-4-16(14)21/h1-12H,(H,30,33). The van der Waals surface area contributed by atoms with Gasteiger partial charge in [-0.05, 0) is 35.9 Å². The minimum Gasteiger partial charge on any atom is -0.406 e. The van der Waals surface area contributed by atoms with Crippen LogP contribution in [0.25, 0.3) is 38.5 Å². The topological polar surface area (TPSA) is 77.0 Å². The molecule has 5 aromatic rings. The van der Waals surface area contributed by atoms with Crippen LogP contribution in [0, 0.1) is 0 Å². The van der Waals surface area contributed by atoms with Crippen LogP contribution in [-0.4, -0.2) is 20.9 Å². The van der Waals surface area contributed by atoms with Gasteiger partial charge in [0.05, 0.1) is 22.8 Å². The summed E-state index contributed by atoms with van der Waals surface area (Å²) in [6.07, 6.45) is -1.79. The molecule has 0 aliphatic rings. The van der Waals surface area contributed by atoms with E-state index < -0.39 is 23.4 Å². The lowest BCUT2D eigenvalue weighted by molar-refractivity contribution is -0.274. The Hall–Kier alpha value is -4.11. The van der Waals surface area contributed by atoms with Crippen molar-refractivity contribution in [3.63, 3.8) is 0 Å². The van der Waals surface area contributed by atoms with Gasteiger partial charge in [0, 0.05) is 27.6 Å². The average molecular weight is 484 g/mol. The average Bonchev–Trinajstić information content (AvgIpc) is 2.79. The number of nitrogens with zero attached hydrogens (tertiary/aromatic N) is 2. The second-order valence-electron chi connectivity index (χ2n) is 7.40. The number of halogens is 4. The molecule has 6 nitrogen and oxygen atoms in total. The number of hydrogen-bond acceptors (Lipinski definition) is 4. The van der Waals surface area contributed by atoms with Crippen LogP contribution in [0.5, 0.6) is 5.75 Å². The largest absolute Gasteiger partial charge is 0.573 e. The van der Waals surface area contributed by atoms with Crippen LogP contribution < -0.4 is 16.0 Å². The Kier molecular flexibility index (Phi) is 5.13. The molecule has 0 saturated carbocycles. The molecule has 0 radical (unpaired) electrons. The Balaban J connectivity index is 1.67. The lowest BCUT2D eigenvalue weighted by Crippen LogP contribution is -2.33. The van der Waals surface area contributed by atoms with Crippen molar-refractivity contribution in [2.75, 3.05) is 0 Å². The van der Waals surface area contributed by atoms with Gasteiger partial charge in [-0.1, -0.05) is 41.9 Å². The quantitative estimate of drug-likeness (QED) is 0.370. The molecule has 0 atom stereocenters. The van der Waals surface area contributed by atoms with E-state index in [9.17, 15) is 22.8 Å². The van der Waals surface area contributed by atoms with E-state index in [2.05, 4.69) is 14.7 Å². The van der Waals surface area contributed by atoms with Crippen molar-refractivity contribution in [3.05, 3.63) is 98.9 Å². The van der Waals surface area contributed by atoms with Gasteiger partial charge in [-0.3, -0.25) is 9.78 Å². The van der Waals surface area contributed by atoms with E-state index in [1.807, 2.05) is 12.1 Å². The van der Waals surface area contributed by atoms with E-state index in [-0.39, 0.29) is 21.5 Å². The summed E-state index contributed by atoms with van der Waals surface area (Å²) in [7, 11) is 0. The molecule has 34 heavy (non-hydrogen) atoms. The highest BCUT2D eigenvalue weighted by atomic mass is 35.5. The van der Waals surface area contributed by atoms with Crippen LogP contribution in [0.1, 0.15) is 0 Å². The molecule has 3 aromatic carbocycles. The number of ether oxygens (including phenoxy) is 1. The highest BCUT2D eigenvalue weighted by Gasteiger charge is 2.31. The minimum absolute atomic E-state index is 0.173. The Morgan fingerprint density at radius 2 is 1.74 bits per heavy atom. The molecular weight excluding hydrogens is 471 g/mol. The predicted molar refractivity (Wildman–Crippen MR) is 123 cm³/mol. The first-order chi connectivity index (χ1) is 16.2. The van der Waals surface area contributed by atoms with E-state index in [0.717, 1.165) is 22.1 Å². The molecule has 0 aliphatic carbocycles. The van der Waals surface area contributed by atoms with Gasteiger partial charge in [-0.2, -0.15) is 0 Å². The van der Waals surface area contributed by atoms with Gasteiger partial charge in [-0.25, -0.2) is 9.36 Å². The summed E-state index contributed by atoms with van der Waals surface area (Å²) in [4.78, 5) is 33.0. The molecule has 0 bridgehead atoms. The number of aromatic nitrogens is 3. The fourth-order valence-electron chi connectivity index (χ4n) is 3.81. The fraction of sp³-hybridized carbons (Fsp3) is 0.0417. The third-order valence-electron chi connectivity index (χ3n) is 5.27. The van der Waals surface area contributed by atoms with Gasteiger partial charge < -0.3 is 9.72 Å². The summed E-state index contributed by atoms with van der Waals surface area (Å²) >= 11 is 6.19. The Bertz CT molecular complexity index is 1690. The van der Waals surface area contributed by atoms with Crippen molar-refractivity contribution in [2.45, 2.75) is 6.36 Å². The van der Waals surface area contributed by atoms with E-state index in [1.54, 1.807) is 18.3 Å². The normalized spacial score (nSPS) is 11.8. The molecule has 1 N–H and O–H groups in total. The lowest BCUT2D eigenvalue weighted by atomic mass is 10.0. The number of rotatable bonds is 3. The summed E-state index contributed by atoms with van der Waals surface area (Å²) in [5, 5.41) is 1.81. The van der Waals surface area contributed by atoms with Gasteiger partial charge in [0.25, 0.3) is 5.56 Å². The Morgan fingerprint density at radius 1 is 0.941 bits per heavy atom. The fourth-order valence-corrected chi connectivity index (χ4v) is 4.03. The second kappa shape index (κ2) is 8.03. The summed E-state index contributed by atoms with van der Waals surface area (Å²) in [5.41, 5.74) is -0.0827. The first-order valence-corrected chi connectivity index (χ1v) is 10.3. The number of fused-ring (bicyclic) bond motifs is 2. The number of pyridine rings is 1. The van der Waals surface area contributed by atoms with Gasteiger partial charge in [-0.15, -0.1) is 13.2 Å². The number of benzene rings is 3. The molecule has 2 heterocycles. The smallest absolute Gasteiger partial charge is 0.406 e. The number of hydrogen-bond donors (Lipinski definition) is 1. The van der Waals surface area contributed by atoms with Crippen molar-refractivity contribution >= 4 is 33.3 Å². The minimum atomic E-state index is -4.86. The highest BCUT2D eigenvalue weighted by Crippen LogP contribution is 2.34. The van der Waals surface area contributed by atoms with Gasteiger partial charge >= 0.3 is 12.1 Å². The predicted octanol–water partition coefficient (Wildman–Crippen LogP) is 5.45. The molecule has 0 saturated heterocycles. The highest BCUT2D eigenvalue weighted by molar-refractivity contribution is 6.33. The van der Waals surface area contributed by atoms with Crippen molar-refractivity contribution in [1.29, 1.82) is 0 Å². The number of H-pyrrole nitrogens is 1. The third-order valence-corrected chi connectivity index (χ3v) is 5.60. The first-order valence-electron chi connectivity index (χ1n) is 9.89. The molecule has 0 aliphatic heterocycles. The zero-order valence-electron chi connectivity index (χ0n) is 17.1. The van der Waals surface area contributed by atoms with Crippen LogP contribution in [0.4, 0.5) is 13.2 Å². The van der Waals surface area contributed by atoms with Crippen LogP contribution in [0.2, 0.25) is 5.02 Å². The number of nitrogens with one attached hydrogen (secondary N) is 1. The van der Waals surface area contributed by atoms with Crippen molar-refractivity contribution in [1.82, 2.24) is 14.5 Å². The van der Waals surface area contributed by atoms with Crippen LogP contribution in [0.3, 0.4) is 0 Å². The van der Waals surface area contributed by atoms with Crippen molar-refractivity contribution < 1.29 is 17.9 Å². The van der Waals surface area contributed by atoms with Crippen LogP contribution in [-0.2, 0) is 0 Å². The zero-order chi connectivity index (χ0) is 24.0. The Labute approximate surface area is 193 Å². The molecule has 0 spiro atoms. The van der Waals surface area contributed by atoms with Gasteiger partial charge in [0.1, 0.15) is 5.75 Å². The molecule has 170 valence electrons. The SMILES string of the molecule is O=c1[nH]c2cc(-c3cc(OC(F)(F)F)ccc3Cl)ccc2c(=O)n1-c1cncc2ccccc12. The van der Waals surface area contributed by atoms with E-state index in [4.69, 9.17) is 11.6 Å². The lowest BCUT2D eigenvalue weighted by Gasteiger charge is -2.12. The number of aromatic amines is 1. The van der Waals surface area contributed by atoms with Gasteiger partial charge in [0.15, 0.2) is 0 Å². The summed E-state index contributed by atoms with van der Waals surface area (Å²) in [5.74, 6) is -0.445. The zero-order valence-corrected chi connectivity index (χ0v) is 17.8. The molecule has 0 unspecified atom stereocenters. The third kappa shape index (κ3) is 3.90. The molecule has 10 heteroatoms. The maximum Gasteiger partial charge on any atom is 0.573 e. The second-order valence-corrected chi connectivity index (χ2v) is 7.81. The maximum absolute atomic E-state index is 13.3. The molecule has 0 fully saturated rings. The molecule has 0 amide bonds. The van der Waals surface area contributed by atoms with Gasteiger partial charge in [0.2, 0.25) is 0 Å². The number of alkyl halides is 3. The van der Waals surface area contributed by atoms with Crippen LogP contribution in [0.15, 0.2) is 82.6 Å². The molecular formula is C24H13ClF3N3O3. The van der Waals surface area contributed by atoms with Crippen LogP contribution >= 0.6 is 11.6 Å². The molecule has 5 rings (SSSR count). The van der Waals surface area contributed by atoms with E-state index in [1.165, 1.54) is 30.5 Å². The van der Waals surface area contributed by atoms with E-state index in [0.29, 0.717) is 16.6 Å². The summed E-state index contributed by atoms with van der Waals surface area (Å²) in [6.45, 7) is 0. The van der Waals surface area contributed by atoms with E-state index >= 15 is 0 Å². The Morgan fingerprint density at radius 3 is 2.53 bits per heavy atom. The first kappa shape index (κ1) is 21.7. The van der Waals surface area contributed by atoms with Crippen molar-refractivity contribution in [2.24, 2.45) is 0 Å². The van der Waals surface area contributed by atoms with Crippen molar-refractivity contribution in [3.8, 4) is 22.6 Å².